The highest BCUT2D eigenvalue weighted by molar-refractivity contribution is 6.42. The quantitative estimate of drug-likeness (QED) is 0.502. The summed E-state index contributed by atoms with van der Waals surface area (Å²) >= 11 is 12.2. The van der Waals surface area contributed by atoms with Gasteiger partial charge in [0.25, 0.3) is 0 Å². The lowest BCUT2D eigenvalue weighted by Crippen LogP contribution is -2.18. The number of rotatable bonds is 5. The topological polar surface area (TPSA) is 68.3 Å². The fourth-order valence-corrected chi connectivity index (χ4v) is 4.81. The summed E-state index contributed by atoms with van der Waals surface area (Å²) < 4.78 is 12.0. The Hall–Kier alpha value is -1.99. The van der Waals surface area contributed by atoms with E-state index < -0.39 is 0 Å². The Morgan fingerprint density at radius 1 is 1.00 bits per heavy atom. The van der Waals surface area contributed by atoms with Crippen LogP contribution in [-0.4, -0.2) is 36.3 Å². The van der Waals surface area contributed by atoms with E-state index in [1.807, 2.05) is 18.2 Å². The van der Waals surface area contributed by atoms with E-state index in [1.165, 1.54) is 6.33 Å². The Morgan fingerprint density at radius 3 is 2.48 bits per heavy atom. The van der Waals surface area contributed by atoms with E-state index in [0.29, 0.717) is 33.4 Å². The van der Waals surface area contributed by atoms with Gasteiger partial charge in [-0.15, -0.1) is 12.4 Å². The van der Waals surface area contributed by atoms with Crippen molar-refractivity contribution >= 4 is 58.0 Å². The van der Waals surface area contributed by atoms with Gasteiger partial charge in [0, 0.05) is 17.1 Å². The standard InChI is InChI=1S/C22H22Cl2N4O2.ClH/c1-29-20-7-16-19(8-21(20)30-15-4-12-9-25-10-13(12)5-15)26-11-27-22(16)28-14-2-3-17(23)18(24)6-14;/h2-3,6-8,11-13,15,25H,4-5,9-10H2,1H3,(H,26,27,28);1H/t12-,13+,15?;. The van der Waals surface area contributed by atoms with Gasteiger partial charge >= 0.3 is 0 Å². The van der Waals surface area contributed by atoms with Crippen molar-refractivity contribution in [3.63, 3.8) is 0 Å². The normalized spacial score (nSPS) is 22.1. The number of hydrogen-bond acceptors (Lipinski definition) is 6. The first-order chi connectivity index (χ1) is 14.6. The summed E-state index contributed by atoms with van der Waals surface area (Å²) in [5, 5.41) is 8.57. The van der Waals surface area contributed by atoms with Crippen LogP contribution in [0, 0.1) is 11.8 Å². The molecule has 3 aromatic rings. The first-order valence-corrected chi connectivity index (χ1v) is 10.8. The van der Waals surface area contributed by atoms with Crippen molar-refractivity contribution in [3.05, 3.63) is 46.7 Å². The van der Waals surface area contributed by atoms with Crippen LogP contribution in [0.4, 0.5) is 11.5 Å². The molecule has 164 valence electrons. The van der Waals surface area contributed by atoms with Gasteiger partial charge in [-0.05, 0) is 62.0 Å². The monoisotopic (exact) mass is 480 g/mol. The molecule has 31 heavy (non-hydrogen) atoms. The predicted molar refractivity (Wildman–Crippen MR) is 127 cm³/mol. The number of ether oxygens (including phenoxy) is 2. The number of nitrogens with zero attached hydrogens (tertiary/aromatic N) is 2. The third-order valence-electron chi connectivity index (χ3n) is 6.01. The third-order valence-corrected chi connectivity index (χ3v) is 6.75. The second-order valence-electron chi connectivity index (χ2n) is 7.89. The molecule has 2 N–H and O–H groups in total. The summed E-state index contributed by atoms with van der Waals surface area (Å²) in [5.41, 5.74) is 1.57. The van der Waals surface area contributed by atoms with E-state index in [1.54, 1.807) is 19.2 Å². The number of anilines is 2. The van der Waals surface area contributed by atoms with Crippen LogP contribution >= 0.6 is 35.6 Å². The Morgan fingerprint density at radius 2 is 1.77 bits per heavy atom. The molecule has 1 aromatic heterocycles. The first-order valence-electron chi connectivity index (χ1n) is 10.0. The van der Waals surface area contributed by atoms with E-state index in [4.69, 9.17) is 32.7 Å². The minimum Gasteiger partial charge on any atom is -0.493 e. The Bertz CT molecular complexity index is 1090. The molecule has 2 heterocycles. The van der Waals surface area contributed by atoms with E-state index in [2.05, 4.69) is 20.6 Å². The molecule has 5 rings (SSSR count). The molecule has 1 aliphatic heterocycles. The second kappa shape index (κ2) is 9.25. The number of fused-ring (bicyclic) bond motifs is 2. The number of hydrogen-bond donors (Lipinski definition) is 2. The molecule has 9 heteroatoms. The molecule has 1 saturated heterocycles. The predicted octanol–water partition coefficient (Wildman–Crippen LogP) is 5.49. The van der Waals surface area contributed by atoms with E-state index in [-0.39, 0.29) is 18.5 Å². The molecule has 1 unspecified atom stereocenters. The maximum absolute atomic E-state index is 6.36. The van der Waals surface area contributed by atoms with E-state index >= 15 is 0 Å². The Balaban J connectivity index is 0.00000231. The fraction of sp³-hybridized carbons (Fsp3) is 0.364. The largest absolute Gasteiger partial charge is 0.493 e. The number of benzene rings is 2. The molecule has 3 atom stereocenters. The third kappa shape index (κ3) is 4.48. The molecule has 0 spiro atoms. The van der Waals surface area contributed by atoms with Gasteiger partial charge in [-0.1, -0.05) is 23.2 Å². The molecule has 6 nitrogen and oxygen atoms in total. The summed E-state index contributed by atoms with van der Waals surface area (Å²) in [6, 6.07) is 9.21. The minimum atomic E-state index is 0. The van der Waals surface area contributed by atoms with E-state index in [9.17, 15) is 0 Å². The lowest BCUT2D eigenvalue weighted by atomic mass is 10.0. The lowest BCUT2D eigenvalue weighted by molar-refractivity contribution is 0.191. The molecule has 2 fully saturated rings. The molecule has 1 saturated carbocycles. The van der Waals surface area contributed by atoms with E-state index in [0.717, 1.165) is 48.3 Å². The number of methoxy groups -OCH3 is 1. The molecular weight excluding hydrogens is 459 g/mol. The minimum absolute atomic E-state index is 0. The zero-order valence-electron chi connectivity index (χ0n) is 16.9. The van der Waals surface area contributed by atoms with Gasteiger partial charge in [-0.3, -0.25) is 0 Å². The van der Waals surface area contributed by atoms with Gasteiger partial charge in [0.2, 0.25) is 0 Å². The fourth-order valence-electron chi connectivity index (χ4n) is 4.51. The zero-order chi connectivity index (χ0) is 20.7. The van der Waals surface area contributed by atoms with Crippen LogP contribution < -0.4 is 20.1 Å². The molecule has 0 amide bonds. The zero-order valence-corrected chi connectivity index (χ0v) is 19.2. The van der Waals surface area contributed by atoms with Crippen molar-refractivity contribution in [2.45, 2.75) is 18.9 Å². The molecule has 0 bridgehead atoms. The van der Waals surface area contributed by atoms with Gasteiger partial charge in [0.15, 0.2) is 11.5 Å². The van der Waals surface area contributed by atoms with Crippen molar-refractivity contribution in [3.8, 4) is 11.5 Å². The van der Waals surface area contributed by atoms with Crippen LogP contribution in [0.25, 0.3) is 10.9 Å². The number of halogens is 3. The van der Waals surface area contributed by atoms with Crippen molar-refractivity contribution in [1.29, 1.82) is 0 Å². The maximum Gasteiger partial charge on any atom is 0.163 e. The van der Waals surface area contributed by atoms with Gasteiger partial charge < -0.3 is 20.1 Å². The highest BCUT2D eigenvalue weighted by Gasteiger charge is 2.38. The SMILES string of the molecule is COc1cc2c(Nc3ccc(Cl)c(Cl)c3)ncnc2cc1OC1C[C@H]2CNC[C@H]2C1.Cl. The van der Waals surface area contributed by atoms with Crippen LogP contribution in [-0.2, 0) is 0 Å². The molecule has 2 aliphatic rings. The first kappa shape index (κ1) is 22.2. The Kier molecular flexibility index (Phi) is 6.63. The van der Waals surface area contributed by atoms with Crippen molar-refractivity contribution in [2.24, 2.45) is 11.8 Å². The molecule has 1 aliphatic carbocycles. The van der Waals surface area contributed by atoms with Gasteiger partial charge in [-0.25, -0.2) is 9.97 Å². The summed E-state index contributed by atoms with van der Waals surface area (Å²) in [6.07, 6.45) is 3.90. The van der Waals surface area contributed by atoms with Gasteiger partial charge in [-0.2, -0.15) is 0 Å². The van der Waals surface area contributed by atoms with Crippen LogP contribution in [0.1, 0.15) is 12.8 Å². The second-order valence-corrected chi connectivity index (χ2v) is 8.70. The highest BCUT2D eigenvalue weighted by Crippen LogP contribution is 2.40. The van der Waals surface area contributed by atoms with Crippen LogP contribution in [0.5, 0.6) is 11.5 Å². The summed E-state index contributed by atoms with van der Waals surface area (Å²) in [5.74, 6) is 3.48. The Labute approximate surface area is 197 Å². The van der Waals surface area contributed by atoms with Crippen molar-refractivity contribution < 1.29 is 9.47 Å². The highest BCUT2D eigenvalue weighted by atomic mass is 35.5. The smallest absolute Gasteiger partial charge is 0.163 e. The summed E-state index contributed by atoms with van der Waals surface area (Å²) in [4.78, 5) is 8.84. The maximum atomic E-state index is 6.36. The van der Waals surface area contributed by atoms with Crippen LogP contribution in [0.2, 0.25) is 10.0 Å². The van der Waals surface area contributed by atoms with Gasteiger partial charge in [0.1, 0.15) is 12.1 Å². The molecule has 2 aromatic carbocycles. The summed E-state index contributed by atoms with van der Waals surface area (Å²) in [6.45, 7) is 2.19. The van der Waals surface area contributed by atoms with Crippen molar-refractivity contribution in [1.82, 2.24) is 15.3 Å². The van der Waals surface area contributed by atoms with Crippen LogP contribution in [0.3, 0.4) is 0 Å². The van der Waals surface area contributed by atoms with Crippen LogP contribution in [0.15, 0.2) is 36.7 Å². The number of nitrogens with one attached hydrogen (secondary N) is 2. The lowest BCUT2D eigenvalue weighted by Gasteiger charge is -2.18. The summed E-state index contributed by atoms with van der Waals surface area (Å²) in [7, 11) is 1.65. The molecular formula is C22H23Cl3N4O2. The molecule has 0 radical (unpaired) electrons. The number of aromatic nitrogens is 2. The average Bonchev–Trinajstić information content (AvgIpc) is 3.32. The van der Waals surface area contributed by atoms with Gasteiger partial charge in [0.05, 0.1) is 28.8 Å². The average molecular weight is 482 g/mol. The van der Waals surface area contributed by atoms with Crippen molar-refractivity contribution in [2.75, 3.05) is 25.5 Å².